The minimum Gasteiger partial charge on any atom is -0.502 e. The molecule has 0 aliphatic heterocycles. The lowest BCUT2D eigenvalue weighted by Crippen LogP contribution is -2.10. The van der Waals surface area contributed by atoms with Gasteiger partial charge >= 0.3 is 0 Å². The second-order valence-corrected chi connectivity index (χ2v) is 8.49. The Bertz CT molecular complexity index is 1230. The van der Waals surface area contributed by atoms with Crippen LogP contribution in [0.2, 0.25) is 0 Å². The third-order valence-electron chi connectivity index (χ3n) is 3.80. The Kier molecular flexibility index (Phi) is 8.24. The number of sulfone groups is 1. The molecule has 1 aromatic heterocycles. The summed E-state index contributed by atoms with van der Waals surface area (Å²) in [6.45, 7) is 5.90. The molecule has 0 aliphatic carbocycles. The molecule has 6 nitrogen and oxygen atoms in total. The SMILES string of the molecule is C=C.CS(=O)(=O)Cc1oc(COc2ccc(C#Cc3ccccc3)cc2)cc(=O)c1O. The zero-order valence-electron chi connectivity index (χ0n) is 17.0. The van der Waals surface area contributed by atoms with Crippen molar-refractivity contribution in [2.24, 2.45) is 0 Å². The van der Waals surface area contributed by atoms with Gasteiger partial charge in [-0.3, -0.25) is 4.79 Å². The highest BCUT2D eigenvalue weighted by atomic mass is 32.2. The molecule has 0 amide bonds. The van der Waals surface area contributed by atoms with Crippen LogP contribution >= 0.6 is 0 Å². The first kappa shape index (κ1) is 23.5. The van der Waals surface area contributed by atoms with E-state index in [1.807, 2.05) is 30.3 Å². The molecule has 2 aromatic carbocycles. The van der Waals surface area contributed by atoms with E-state index in [1.165, 1.54) is 0 Å². The predicted molar refractivity (Wildman–Crippen MR) is 120 cm³/mol. The topological polar surface area (TPSA) is 93.8 Å². The predicted octanol–water partition coefficient (Wildman–Crippen LogP) is 3.67. The smallest absolute Gasteiger partial charge is 0.227 e. The lowest BCUT2D eigenvalue weighted by atomic mass is 10.2. The Balaban J connectivity index is 0.00000166. The molecule has 3 rings (SSSR count). The van der Waals surface area contributed by atoms with E-state index < -0.39 is 26.8 Å². The van der Waals surface area contributed by atoms with Crippen molar-refractivity contribution in [3.05, 3.63) is 107 Å². The van der Waals surface area contributed by atoms with Gasteiger partial charge in [-0.1, -0.05) is 30.0 Å². The number of hydrogen-bond acceptors (Lipinski definition) is 6. The summed E-state index contributed by atoms with van der Waals surface area (Å²) in [7, 11) is -3.48. The van der Waals surface area contributed by atoms with Crippen LogP contribution in [0.25, 0.3) is 0 Å². The summed E-state index contributed by atoms with van der Waals surface area (Å²) in [5.74, 6) is 5.17. The summed E-state index contributed by atoms with van der Waals surface area (Å²) in [6.07, 6.45) is 0.984. The van der Waals surface area contributed by atoms with Gasteiger partial charge in [-0.05, 0) is 36.4 Å². The molecule has 3 aromatic rings. The lowest BCUT2D eigenvalue weighted by molar-refractivity contribution is 0.258. The van der Waals surface area contributed by atoms with Gasteiger partial charge < -0.3 is 14.3 Å². The normalized spacial score (nSPS) is 10.2. The molecule has 0 spiro atoms. The monoisotopic (exact) mass is 438 g/mol. The third kappa shape index (κ3) is 7.53. The highest BCUT2D eigenvalue weighted by Crippen LogP contribution is 2.19. The van der Waals surface area contributed by atoms with Gasteiger partial charge in [-0.2, -0.15) is 0 Å². The van der Waals surface area contributed by atoms with Gasteiger partial charge in [0.05, 0.1) is 0 Å². The lowest BCUT2D eigenvalue weighted by Gasteiger charge is -2.08. The summed E-state index contributed by atoms with van der Waals surface area (Å²) in [5, 5.41) is 9.71. The maximum Gasteiger partial charge on any atom is 0.227 e. The van der Waals surface area contributed by atoms with Gasteiger partial charge in [-0.25, -0.2) is 8.42 Å². The summed E-state index contributed by atoms with van der Waals surface area (Å²) >= 11 is 0. The van der Waals surface area contributed by atoms with Gasteiger partial charge in [0, 0.05) is 23.4 Å². The Labute approximate surface area is 181 Å². The quantitative estimate of drug-likeness (QED) is 0.483. The van der Waals surface area contributed by atoms with E-state index in [2.05, 4.69) is 25.0 Å². The maximum absolute atomic E-state index is 11.8. The van der Waals surface area contributed by atoms with Crippen LogP contribution in [0.3, 0.4) is 0 Å². The number of rotatable bonds is 5. The molecule has 0 bridgehead atoms. The van der Waals surface area contributed by atoms with Crippen molar-refractivity contribution >= 4 is 9.84 Å². The zero-order chi connectivity index (χ0) is 22.9. The molecule has 7 heteroatoms. The van der Waals surface area contributed by atoms with E-state index in [4.69, 9.17) is 9.15 Å². The van der Waals surface area contributed by atoms with E-state index in [-0.39, 0.29) is 18.1 Å². The van der Waals surface area contributed by atoms with E-state index >= 15 is 0 Å². The highest BCUT2D eigenvalue weighted by molar-refractivity contribution is 7.89. The third-order valence-corrected chi connectivity index (χ3v) is 4.58. The van der Waals surface area contributed by atoms with Crippen LogP contribution in [0.15, 0.2) is 83.0 Å². The molecule has 160 valence electrons. The first-order valence-corrected chi connectivity index (χ1v) is 11.2. The van der Waals surface area contributed by atoms with Crippen LogP contribution in [0, 0.1) is 11.8 Å². The molecular formula is C24H22O6S. The van der Waals surface area contributed by atoms with Crippen molar-refractivity contribution in [3.63, 3.8) is 0 Å². The number of hydrogen-bond donors (Lipinski definition) is 1. The van der Waals surface area contributed by atoms with Crippen LogP contribution < -0.4 is 10.2 Å². The van der Waals surface area contributed by atoms with Crippen LogP contribution in [-0.2, 0) is 22.2 Å². The van der Waals surface area contributed by atoms with Gasteiger partial charge in [0.15, 0.2) is 15.6 Å². The molecule has 0 radical (unpaired) electrons. The molecule has 0 saturated carbocycles. The van der Waals surface area contributed by atoms with E-state index in [1.54, 1.807) is 24.3 Å². The van der Waals surface area contributed by atoms with Crippen molar-refractivity contribution in [2.45, 2.75) is 12.4 Å². The highest BCUT2D eigenvalue weighted by Gasteiger charge is 2.16. The maximum atomic E-state index is 11.8. The van der Waals surface area contributed by atoms with Gasteiger partial charge in [0.2, 0.25) is 11.2 Å². The minimum absolute atomic E-state index is 0.0959. The largest absolute Gasteiger partial charge is 0.502 e. The summed E-state index contributed by atoms with van der Waals surface area (Å²) in [5.41, 5.74) is 1.01. The molecular weight excluding hydrogens is 416 g/mol. The Morgan fingerprint density at radius 2 is 1.58 bits per heavy atom. The molecule has 0 aliphatic rings. The van der Waals surface area contributed by atoms with E-state index in [0.29, 0.717) is 5.75 Å². The Hall–Kier alpha value is -3.76. The van der Waals surface area contributed by atoms with Gasteiger partial charge in [-0.15, -0.1) is 13.2 Å². The van der Waals surface area contributed by atoms with Crippen molar-refractivity contribution < 1.29 is 22.7 Å². The molecule has 0 atom stereocenters. The molecule has 31 heavy (non-hydrogen) atoms. The molecule has 0 saturated heterocycles. The fourth-order valence-corrected chi connectivity index (χ4v) is 3.12. The average Bonchev–Trinajstić information content (AvgIpc) is 2.76. The summed E-state index contributed by atoms with van der Waals surface area (Å²) in [6, 6.07) is 17.7. The molecule has 0 fully saturated rings. The van der Waals surface area contributed by atoms with Gasteiger partial charge in [0.1, 0.15) is 23.9 Å². The van der Waals surface area contributed by atoms with Gasteiger partial charge in [0.25, 0.3) is 0 Å². The standard InChI is InChI=1S/C22H18O6S.C2H4/c1-29(25,26)15-21-22(24)20(23)13-19(28-21)14-27-18-11-9-17(10-12-18)8-7-16-5-3-2-4-6-16;1-2/h2-6,9-13,24H,14-15H2,1H3;1-2H2. The van der Waals surface area contributed by atoms with Crippen LogP contribution in [-0.4, -0.2) is 19.8 Å². The summed E-state index contributed by atoms with van der Waals surface area (Å²) < 4.78 is 33.7. The van der Waals surface area contributed by atoms with E-state index in [9.17, 15) is 18.3 Å². The second-order valence-electron chi connectivity index (χ2n) is 6.35. The van der Waals surface area contributed by atoms with Crippen LogP contribution in [0.4, 0.5) is 0 Å². The van der Waals surface area contributed by atoms with Crippen LogP contribution in [0.5, 0.6) is 11.5 Å². The second kappa shape index (κ2) is 10.9. The Morgan fingerprint density at radius 1 is 1.00 bits per heavy atom. The molecule has 1 heterocycles. The number of benzene rings is 2. The van der Waals surface area contributed by atoms with Crippen molar-refractivity contribution in [1.82, 2.24) is 0 Å². The average molecular weight is 439 g/mol. The van der Waals surface area contributed by atoms with Crippen molar-refractivity contribution in [3.8, 4) is 23.3 Å². The number of aromatic hydroxyl groups is 1. The first-order chi connectivity index (χ1) is 14.8. The minimum atomic E-state index is -3.48. The van der Waals surface area contributed by atoms with E-state index in [0.717, 1.165) is 23.4 Å². The molecule has 1 N–H and O–H groups in total. The van der Waals surface area contributed by atoms with Crippen molar-refractivity contribution in [1.29, 1.82) is 0 Å². The fourth-order valence-electron chi connectivity index (χ4n) is 2.45. The number of ether oxygens (including phenoxy) is 1. The summed E-state index contributed by atoms with van der Waals surface area (Å²) in [4.78, 5) is 11.8. The zero-order valence-corrected chi connectivity index (χ0v) is 17.8. The van der Waals surface area contributed by atoms with Crippen LogP contribution in [0.1, 0.15) is 22.6 Å². The van der Waals surface area contributed by atoms with Crippen molar-refractivity contribution in [2.75, 3.05) is 6.26 Å². The first-order valence-electron chi connectivity index (χ1n) is 9.13. The molecule has 0 unspecified atom stereocenters. The Morgan fingerprint density at radius 3 is 2.16 bits per heavy atom. The fraction of sp³-hybridized carbons (Fsp3) is 0.125.